The number of benzene rings is 2. The maximum absolute atomic E-state index is 9.71. The normalized spacial score (nSPS) is 11.0. The maximum atomic E-state index is 9.71. The molecular weight excluding hydrogens is 430 g/mol. The topological polar surface area (TPSA) is 95.4 Å². The van der Waals surface area contributed by atoms with Crippen LogP contribution in [0.2, 0.25) is 0 Å². The van der Waals surface area contributed by atoms with Gasteiger partial charge in [-0.15, -0.1) is 5.10 Å². The minimum Gasteiger partial charge on any atom is -0.504 e. The summed E-state index contributed by atoms with van der Waals surface area (Å²) in [6.07, 6.45) is 1.61. The standard InChI is InChI=1S/C18H18BrN5O2S/c1-2-26-16-9-12(6-7-15(16)25)10-20-22-17-21-18(24-23-17)27-11-13-4-3-5-14(19)8-13/h3-10,25H,2,11H2,1H3,(H2,21,22,23,24)/b20-10-. The number of phenolic OH excluding ortho intramolecular Hbond substituents is 1. The number of anilines is 1. The number of hydrogen-bond donors (Lipinski definition) is 3. The van der Waals surface area contributed by atoms with Crippen molar-refractivity contribution in [3.63, 3.8) is 0 Å². The summed E-state index contributed by atoms with van der Waals surface area (Å²) in [6, 6.07) is 13.1. The lowest BCUT2D eigenvalue weighted by molar-refractivity contribution is 0.318. The van der Waals surface area contributed by atoms with Crippen LogP contribution in [0.15, 0.2) is 57.2 Å². The lowest BCUT2D eigenvalue weighted by atomic mass is 10.2. The van der Waals surface area contributed by atoms with E-state index in [1.54, 1.807) is 24.4 Å². The number of nitrogens with one attached hydrogen (secondary N) is 2. The second-order valence-corrected chi connectivity index (χ2v) is 7.27. The van der Waals surface area contributed by atoms with E-state index >= 15 is 0 Å². The molecule has 0 aliphatic heterocycles. The number of aromatic amines is 1. The second-order valence-electron chi connectivity index (χ2n) is 5.42. The van der Waals surface area contributed by atoms with Gasteiger partial charge in [0, 0.05) is 10.2 Å². The lowest BCUT2D eigenvalue weighted by Gasteiger charge is -2.05. The molecule has 3 rings (SSSR count). The van der Waals surface area contributed by atoms with Crippen LogP contribution in [0, 0.1) is 0 Å². The third kappa shape index (κ3) is 5.73. The number of thioether (sulfide) groups is 1. The number of aromatic nitrogens is 3. The van der Waals surface area contributed by atoms with Crippen LogP contribution in [0.3, 0.4) is 0 Å². The molecule has 2 aromatic carbocycles. The average Bonchev–Trinajstić information content (AvgIpc) is 3.11. The van der Waals surface area contributed by atoms with Gasteiger partial charge in [0.15, 0.2) is 11.5 Å². The summed E-state index contributed by atoms with van der Waals surface area (Å²) in [5.41, 5.74) is 4.77. The van der Waals surface area contributed by atoms with Crippen molar-refractivity contribution in [2.75, 3.05) is 12.0 Å². The predicted octanol–water partition coefficient (Wildman–Crippen LogP) is 4.41. The van der Waals surface area contributed by atoms with E-state index in [2.05, 4.69) is 53.8 Å². The first-order chi connectivity index (χ1) is 13.1. The summed E-state index contributed by atoms with van der Waals surface area (Å²) < 4.78 is 6.40. The number of phenols is 1. The first kappa shape index (κ1) is 19.2. The Hall–Kier alpha value is -2.52. The molecule has 1 heterocycles. The fraction of sp³-hybridized carbons (Fsp3) is 0.167. The molecule has 0 fully saturated rings. The zero-order valence-electron chi connectivity index (χ0n) is 14.5. The van der Waals surface area contributed by atoms with Crippen molar-refractivity contribution < 1.29 is 9.84 Å². The molecule has 0 aliphatic carbocycles. The van der Waals surface area contributed by atoms with E-state index in [1.165, 1.54) is 17.3 Å². The van der Waals surface area contributed by atoms with E-state index in [0.717, 1.165) is 15.8 Å². The van der Waals surface area contributed by atoms with Crippen LogP contribution in [-0.4, -0.2) is 33.1 Å². The van der Waals surface area contributed by atoms with Crippen LogP contribution in [0.5, 0.6) is 11.5 Å². The monoisotopic (exact) mass is 447 g/mol. The van der Waals surface area contributed by atoms with E-state index in [4.69, 9.17) is 4.74 Å². The molecule has 3 N–H and O–H groups in total. The Morgan fingerprint density at radius 1 is 1.33 bits per heavy atom. The number of hydrogen-bond acceptors (Lipinski definition) is 7. The molecule has 0 spiro atoms. The van der Waals surface area contributed by atoms with Gasteiger partial charge in [-0.1, -0.05) is 39.8 Å². The summed E-state index contributed by atoms with van der Waals surface area (Å²) in [6.45, 7) is 2.34. The van der Waals surface area contributed by atoms with Gasteiger partial charge < -0.3 is 9.84 Å². The average molecular weight is 448 g/mol. The van der Waals surface area contributed by atoms with Crippen LogP contribution in [0.25, 0.3) is 0 Å². The smallest absolute Gasteiger partial charge is 0.240 e. The Labute approximate surface area is 169 Å². The first-order valence-corrected chi connectivity index (χ1v) is 9.96. The number of aromatic hydroxyl groups is 1. The van der Waals surface area contributed by atoms with Crippen LogP contribution < -0.4 is 10.2 Å². The summed E-state index contributed by atoms with van der Waals surface area (Å²) in [5.74, 6) is 1.75. The molecule has 0 amide bonds. The number of halogens is 1. The van der Waals surface area contributed by atoms with Crippen molar-refractivity contribution in [1.82, 2.24) is 15.2 Å². The maximum Gasteiger partial charge on any atom is 0.240 e. The molecule has 0 aliphatic rings. The zero-order chi connectivity index (χ0) is 19.1. The van der Waals surface area contributed by atoms with Crippen LogP contribution in [0.4, 0.5) is 5.95 Å². The van der Waals surface area contributed by atoms with Crippen molar-refractivity contribution in [2.24, 2.45) is 5.10 Å². The fourth-order valence-electron chi connectivity index (χ4n) is 2.19. The summed E-state index contributed by atoms with van der Waals surface area (Å²) in [7, 11) is 0. The number of H-pyrrole nitrogens is 1. The molecule has 3 aromatic rings. The summed E-state index contributed by atoms with van der Waals surface area (Å²) >= 11 is 4.99. The van der Waals surface area contributed by atoms with Gasteiger partial charge in [-0.2, -0.15) is 10.1 Å². The first-order valence-electron chi connectivity index (χ1n) is 8.18. The molecule has 0 unspecified atom stereocenters. The highest BCUT2D eigenvalue weighted by atomic mass is 79.9. The third-order valence-corrected chi connectivity index (χ3v) is 4.80. The van der Waals surface area contributed by atoms with Gasteiger partial charge in [-0.05, 0) is 48.4 Å². The Bertz CT molecular complexity index is 932. The van der Waals surface area contributed by atoms with Crippen molar-refractivity contribution in [1.29, 1.82) is 0 Å². The second kappa shape index (κ2) is 9.43. The quantitative estimate of drug-likeness (QED) is 0.269. The van der Waals surface area contributed by atoms with E-state index in [0.29, 0.717) is 23.5 Å². The molecule has 9 heteroatoms. The largest absolute Gasteiger partial charge is 0.504 e. The Morgan fingerprint density at radius 2 is 2.22 bits per heavy atom. The lowest BCUT2D eigenvalue weighted by Crippen LogP contribution is -1.95. The predicted molar refractivity (Wildman–Crippen MR) is 111 cm³/mol. The number of ether oxygens (including phenoxy) is 1. The minimum atomic E-state index is 0.101. The van der Waals surface area contributed by atoms with Gasteiger partial charge in [-0.3, -0.25) is 0 Å². The van der Waals surface area contributed by atoms with E-state index in [1.807, 2.05) is 19.1 Å². The Morgan fingerprint density at radius 3 is 3.04 bits per heavy atom. The van der Waals surface area contributed by atoms with Gasteiger partial charge in [0.2, 0.25) is 11.1 Å². The highest BCUT2D eigenvalue weighted by molar-refractivity contribution is 9.10. The zero-order valence-corrected chi connectivity index (χ0v) is 16.9. The molecule has 7 nitrogen and oxygen atoms in total. The molecule has 1 aromatic heterocycles. The SMILES string of the molecule is CCOc1cc(/C=N\Nc2nc(SCc3cccc(Br)c3)n[nH]2)ccc1O. The summed E-state index contributed by atoms with van der Waals surface area (Å²) in [5, 5.41) is 21.4. The van der Waals surface area contributed by atoms with Gasteiger partial charge in [0.25, 0.3) is 0 Å². The molecule has 0 atom stereocenters. The molecule has 27 heavy (non-hydrogen) atoms. The van der Waals surface area contributed by atoms with Gasteiger partial charge in [-0.25, -0.2) is 10.5 Å². The molecule has 0 bridgehead atoms. The number of nitrogens with zero attached hydrogens (tertiary/aromatic N) is 3. The molecule has 0 saturated carbocycles. The van der Waals surface area contributed by atoms with Crippen LogP contribution in [0.1, 0.15) is 18.1 Å². The van der Waals surface area contributed by atoms with Crippen LogP contribution in [-0.2, 0) is 5.75 Å². The highest BCUT2D eigenvalue weighted by Crippen LogP contribution is 2.26. The molecular formula is C18H18BrN5O2S. The van der Waals surface area contributed by atoms with Crippen molar-refractivity contribution in [3.8, 4) is 11.5 Å². The Kier molecular flexibility index (Phi) is 6.72. The van der Waals surface area contributed by atoms with Crippen molar-refractivity contribution in [3.05, 3.63) is 58.1 Å². The van der Waals surface area contributed by atoms with Crippen LogP contribution >= 0.6 is 27.7 Å². The minimum absolute atomic E-state index is 0.101. The van der Waals surface area contributed by atoms with E-state index in [-0.39, 0.29) is 5.75 Å². The fourth-order valence-corrected chi connectivity index (χ4v) is 3.37. The van der Waals surface area contributed by atoms with Gasteiger partial charge in [0.05, 0.1) is 12.8 Å². The van der Waals surface area contributed by atoms with Gasteiger partial charge in [0.1, 0.15) is 0 Å². The van der Waals surface area contributed by atoms with Crippen molar-refractivity contribution >= 4 is 39.9 Å². The number of hydrazone groups is 1. The van der Waals surface area contributed by atoms with Crippen molar-refractivity contribution in [2.45, 2.75) is 17.8 Å². The molecule has 0 saturated heterocycles. The molecule has 0 radical (unpaired) electrons. The Balaban J connectivity index is 1.54. The van der Waals surface area contributed by atoms with Gasteiger partial charge >= 0.3 is 0 Å². The highest BCUT2D eigenvalue weighted by Gasteiger charge is 2.05. The molecule has 140 valence electrons. The third-order valence-electron chi connectivity index (χ3n) is 3.39. The van der Waals surface area contributed by atoms with E-state index < -0.39 is 0 Å². The summed E-state index contributed by atoms with van der Waals surface area (Å²) in [4.78, 5) is 4.34. The van der Waals surface area contributed by atoms with E-state index in [9.17, 15) is 5.11 Å². The number of rotatable bonds is 8.